The molecular formula is C40H68O11. The maximum Gasteiger partial charge on any atom is 0.308 e. The lowest BCUT2D eigenvalue weighted by molar-refractivity contribution is -0.353. The number of aliphatic carboxylic acids is 1. The lowest BCUT2D eigenvalue weighted by atomic mass is 9.78. The molecule has 0 aromatic rings. The number of aliphatic hydroxyl groups is 2. The fraction of sp³-hybridized carbons (Fsp3) is 0.975. The summed E-state index contributed by atoms with van der Waals surface area (Å²) in [5.74, 6) is -3.26. The molecule has 0 aromatic heterocycles. The third-order valence-electron chi connectivity index (χ3n) is 14.4. The average molecular weight is 725 g/mol. The van der Waals surface area contributed by atoms with Crippen molar-refractivity contribution in [2.75, 3.05) is 13.7 Å². The van der Waals surface area contributed by atoms with E-state index in [4.69, 9.17) is 33.2 Å². The van der Waals surface area contributed by atoms with Gasteiger partial charge in [0.15, 0.2) is 11.6 Å². The van der Waals surface area contributed by atoms with Gasteiger partial charge in [-0.2, -0.15) is 0 Å². The van der Waals surface area contributed by atoms with Crippen LogP contribution in [0.3, 0.4) is 0 Å². The van der Waals surface area contributed by atoms with Gasteiger partial charge in [0.05, 0.1) is 72.6 Å². The van der Waals surface area contributed by atoms with Gasteiger partial charge in [0.2, 0.25) is 0 Å². The first kappa shape index (κ1) is 39.8. The quantitative estimate of drug-likeness (QED) is 0.269. The van der Waals surface area contributed by atoms with Crippen LogP contribution in [0.1, 0.15) is 120 Å². The van der Waals surface area contributed by atoms with E-state index in [1.807, 2.05) is 6.92 Å². The van der Waals surface area contributed by atoms with Gasteiger partial charge in [-0.05, 0) is 83.5 Å². The summed E-state index contributed by atoms with van der Waals surface area (Å²) in [6, 6.07) is 0. The molecular weight excluding hydrogens is 656 g/mol. The maximum absolute atomic E-state index is 11.8. The first-order chi connectivity index (χ1) is 23.9. The van der Waals surface area contributed by atoms with E-state index in [1.165, 1.54) is 0 Å². The standard InChI is InChI=1S/C40H68O11/c1-21-11-12-28(46-33(21)26(6)36(42)43)17-29-18-30(45-10)27(7)40(48-29)25(5)19-38(9,51-40)32-13-14-37(8,49-32)35-23(3)16-31(47-35)34-22(2)15-24(4)39(44,20-41)50-34/h21-35,41,44H,11-20H2,1-10H3,(H,42,43)/t21-,22-,23-,24+,25+,26+,27?,28+,29+,30?,31?,32?,33?,34?,35?,37-,38-,39-,40+/m0/s1. The molecule has 6 heterocycles. The largest absolute Gasteiger partial charge is 0.481 e. The highest BCUT2D eigenvalue weighted by atomic mass is 16.7. The second-order valence-corrected chi connectivity index (χ2v) is 18.4. The molecule has 6 rings (SSSR count). The third-order valence-corrected chi connectivity index (χ3v) is 14.4. The normalized spacial score (nSPS) is 54.2. The van der Waals surface area contributed by atoms with E-state index in [9.17, 15) is 20.1 Å². The molecule has 6 fully saturated rings. The smallest absolute Gasteiger partial charge is 0.308 e. The summed E-state index contributed by atoms with van der Waals surface area (Å²) in [5.41, 5.74) is -1.10. The van der Waals surface area contributed by atoms with E-state index >= 15 is 0 Å². The maximum atomic E-state index is 11.8. The second kappa shape index (κ2) is 14.6. The Hall–Kier alpha value is -0.890. The summed E-state index contributed by atoms with van der Waals surface area (Å²) in [5, 5.41) is 30.7. The van der Waals surface area contributed by atoms with Gasteiger partial charge in [0.25, 0.3) is 0 Å². The molecule has 0 saturated carbocycles. The van der Waals surface area contributed by atoms with Crippen LogP contribution in [0.25, 0.3) is 0 Å². The van der Waals surface area contributed by atoms with Crippen molar-refractivity contribution >= 4 is 5.97 Å². The monoisotopic (exact) mass is 724 g/mol. The summed E-state index contributed by atoms with van der Waals surface area (Å²) >= 11 is 0. The molecule has 294 valence electrons. The van der Waals surface area contributed by atoms with Crippen LogP contribution in [0.4, 0.5) is 0 Å². The zero-order valence-electron chi connectivity index (χ0n) is 32.8. The zero-order valence-corrected chi connectivity index (χ0v) is 32.8. The van der Waals surface area contributed by atoms with Crippen molar-refractivity contribution < 1.29 is 53.3 Å². The zero-order chi connectivity index (χ0) is 37.3. The molecule has 0 aromatic carbocycles. The van der Waals surface area contributed by atoms with E-state index < -0.39 is 41.3 Å². The van der Waals surface area contributed by atoms with Crippen LogP contribution in [0.15, 0.2) is 0 Å². The number of methoxy groups -OCH3 is 1. The molecule has 0 aliphatic carbocycles. The summed E-state index contributed by atoms with van der Waals surface area (Å²) in [4.78, 5) is 11.8. The van der Waals surface area contributed by atoms with Crippen molar-refractivity contribution in [1.82, 2.24) is 0 Å². The Morgan fingerprint density at radius 2 is 1.59 bits per heavy atom. The van der Waals surface area contributed by atoms with E-state index in [0.29, 0.717) is 6.42 Å². The minimum atomic E-state index is -1.55. The number of hydrogen-bond donors (Lipinski definition) is 3. The molecule has 0 radical (unpaired) electrons. The first-order valence-electron chi connectivity index (χ1n) is 20.0. The Bertz CT molecular complexity index is 1230. The van der Waals surface area contributed by atoms with Gasteiger partial charge in [0.1, 0.15) is 0 Å². The lowest BCUT2D eigenvalue weighted by Gasteiger charge is -2.50. The SMILES string of the molecule is COC1C[C@@H](C[C@H]2CC[C@H](C)C([C@@H](C)C(=O)O)O2)O[C@]2(O[C@](C)(C3CC[C@@](C)(C4OC(C5O[C@@](O)(CO)[C@H](C)C[C@@H]5C)C[C@@H]4C)O3)C[C@H]2C)C1C. The van der Waals surface area contributed by atoms with Gasteiger partial charge < -0.3 is 48.5 Å². The number of carboxylic acids is 1. The summed E-state index contributed by atoms with van der Waals surface area (Å²) < 4.78 is 47.0. The molecule has 6 aliphatic heterocycles. The predicted octanol–water partition coefficient (Wildman–Crippen LogP) is 5.71. The van der Waals surface area contributed by atoms with Crippen molar-refractivity contribution in [2.45, 2.75) is 192 Å². The van der Waals surface area contributed by atoms with E-state index in [-0.39, 0.29) is 84.3 Å². The van der Waals surface area contributed by atoms with Crippen molar-refractivity contribution in [3.63, 3.8) is 0 Å². The van der Waals surface area contributed by atoms with Crippen LogP contribution < -0.4 is 0 Å². The van der Waals surface area contributed by atoms with Crippen LogP contribution >= 0.6 is 0 Å². The molecule has 0 bridgehead atoms. The van der Waals surface area contributed by atoms with Gasteiger partial charge in [-0.3, -0.25) is 4.79 Å². The number of carbonyl (C=O) groups is 1. The Morgan fingerprint density at radius 1 is 0.863 bits per heavy atom. The highest BCUT2D eigenvalue weighted by molar-refractivity contribution is 5.70. The summed E-state index contributed by atoms with van der Waals surface area (Å²) in [6.45, 7) is 18.4. The Labute approximate surface area is 305 Å². The Balaban J connectivity index is 1.13. The molecule has 6 aliphatic rings. The minimum Gasteiger partial charge on any atom is -0.481 e. The molecule has 11 heteroatoms. The number of ether oxygens (including phenoxy) is 7. The Kier molecular flexibility index (Phi) is 11.4. The summed E-state index contributed by atoms with van der Waals surface area (Å²) in [7, 11) is 1.77. The fourth-order valence-electron chi connectivity index (χ4n) is 11.3. The molecule has 7 unspecified atom stereocenters. The average Bonchev–Trinajstić information content (AvgIpc) is 3.75. The predicted molar refractivity (Wildman–Crippen MR) is 189 cm³/mol. The molecule has 0 amide bonds. The van der Waals surface area contributed by atoms with Crippen molar-refractivity contribution in [2.24, 2.45) is 41.4 Å². The summed E-state index contributed by atoms with van der Waals surface area (Å²) in [6.07, 6.45) is 5.85. The van der Waals surface area contributed by atoms with Crippen molar-refractivity contribution in [1.29, 1.82) is 0 Å². The second-order valence-electron chi connectivity index (χ2n) is 18.4. The molecule has 51 heavy (non-hydrogen) atoms. The topological polar surface area (TPSA) is 142 Å². The lowest BCUT2D eigenvalue weighted by Crippen LogP contribution is -2.58. The van der Waals surface area contributed by atoms with Gasteiger partial charge in [0, 0.05) is 37.7 Å². The molecule has 19 atom stereocenters. The fourth-order valence-corrected chi connectivity index (χ4v) is 11.3. The number of rotatable bonds is 9. The van der Waals surface area contributed by atoms with Crippen LogP contribution in [0.2, 0.25) is 0 Å². The van der Waals surface area contributed by atoms with Gasteiger partial charge in [-0.25, -0.2) is 0 Å². The van der Waals surface area contributed by atoms with Crippen molar-refractivity contribution in [3.05, 3.63) is 0 Å². The first-order valence-corrected chi connectivity index (χ1v) is 20.0. The van der Waals surface area contributed by atoms with Gasteiger partial charge >= 0.3 is 5.97 Å². The van der Waals surface area contributed by atoms with Crippen LogP contribution in [0.5, 0.6) is 0 Å². The van der Waals surface area contributed by atoms with Gasteiger partial charge in [-0.1, -0.05) is 41.5 Å². The van der Waals surface area contributed by atoms with Crippen LogP contribution in [-0.2, 0) is 38.0 Å². The molecule has 1 spiro atoms. The molecule has 3 N–H and O–H groups in total. The highest BCUT2D eigenvalue weighted by Crippen LogP contribution is 2.57. The Morgan fingerprint density at radius 3 is 2.25 bits per heavy atom. The third kappa shape index (κ3) is 7.19. The van der Waals surface area contributed by atoms with Gasteiger partial charge in [-0.15, -0.1) is 0 Å². The van der Waals surface area contributed by atoms with E-state index in [2.05, 4.69) is 48.5 Å². The van der Waals surface area contributed by atoms with E-state index in [0.717, 1.165) is 51.4 Å². The molecule has 6 saturated heterocycles. The number of carboxylic acid groups (broad SMARTS) is 1. The minimum absolute atomic E-state index is 0.00727. The van der Waals surface area contributed by atoms with E-state index in [1.54, 1.807) is 14.0 Å². The number of aliphatic hydroxyl groups excluding tert-OH is 1. The van der Waals surface area contributed by atoms with Crippen molar-refractivity contribution in [3.8, 4) is 0 Å². The van der Waals surface area contributed by atoms with Crippen LogP contribution in [-0.4, -0.2) is 107 Å². The highest BCUT2D eigenvalue weighted by Gasteiger charge is 2.65. The van der Waals surface area contributed by atoms with Crippen LogP contribution in [0, 0.1) is 41.4 Å². The number of hydrogen-bond acceptors (Lipinski definition) is 10. The molecule has 11 nitrogen and oxygen atoms in total.